The van der Waals surface area contributed by atoms with Crippen molar-refractivity contribution >= 4 is 88.5 Å². The van der Waals surface area contributed by atoms with Crippen LogP contribution in [0, 0.1) is 11.3 Å². The first kappa shape index (κ1) is 46.4. The highest BCUT2D eigenvalue weighted by atomic mass is 15.1. The van der Waals surface area contributed by atoms with Crippen LogP contribution in [0.4, 0.5) is 0 Å². The van der Waals surface area contributed by atoms with Crippen LogP contribution < -0.4 is 16.4 Å². The van der Waals surface area contributed by atoms with E-state index >= 15 is 0 Å². The average Bonchev–Trinajstić information content (AvgIpc) is 1.54. The molecule has 386 valence electrons. The monoisotopic (exact) mass is 1070 g/mol. The Bertz CT molecular complexity index is 5260. The van der Waals surface area contributed by atoms with Crippen molar-refractivity contribution in [2.75, 3.05) is 0 Å². The Hall–Kier alpha value is -11.4. The molecule has 0 aliphatic carbocycles. The number of benzene rings is 12. The maximum absolute atomic E-state index is 10.5. The Morgan fingerprint density at radius 2 is 0.714 bits per heavy atom. The van der Waals surface area contributed by atoms with Gasteiger partial charge in [-0.25, -0.2) is 15.0 Å². The van der Waals surface area contributed by atoms with E-state index in [0.717, 1.165) is 55.3 Å². The van der Waals surface area contributed by atoms with E-state index in [4.69, 9.17) is 15.0 Å². The van der Waals surface area contributed by atoms with Gasteiger partial charge in [0.1, 0.15) is 0 Å². The summed E-state index contributed by atoms with van der Waals surface area (Å²) in [7, 11) is 0. The highest BCUT2D eigenvalue weighted by molar-refractivity contribution is 7.00. The molecule has 12 aromatic carbocycles. The summed E-state index contributed by atoms with van der Waals surface area (Å²) in [6, 6.07) is 98.3. The molecule has 2 aliphatic rings. The molecule has 6 heterocycles. The first-order valence-electron chi connectivity index (χ1n) is 28.5. The van der Waals surface area contributed by atoms with Crippen LogP contribution in [-0.2, 0) is 0 Å². The smallest absolute Gasteiger partial charge is 0.252 e. The summed E-state index contributed by atoms with van der Waals surface area (Å²) in [5.74, 6) is 1.59. The van der Waals surface area contributed by atoms with Crippen LogP contribution in [0.25, 0.3) is 150 Å². The first-order valence-corrected chi connectivity index (χ1v) is 28.5. The molecule has 0 unspecified atom stereocenters. The van der Waals surface area contributed by atoms with Gasteiger partial charge in [-0.3, -0.25) is 0 Å². The Labute approximate surface area is 483 Å². The van der Waals surface area contributed by atoms with Crippen LogP contribution in [-0.4, -0.2) is 35.4 Å². The maximum atomic E-state index is 10.5. The van der Waals surface area contributed by atoms with E-state index in [-0.39, 0.29) is 6.71 Å². The number of nitriles is 1. The number of hydrogen-bond donors (Lipinski definition) is 0. The van der Waals surface area contributed by atoms with Crippen LogP contribution in [0.3, 0.4) is 0 Å². The molecule has 0 saturated heterocycles. The molecule has 0 radical (unpaired) electrons. The van der Waals surface area contributed by atoms with Gasteiger partial charge < -0.3 is 13.7 Å². The van der Waals surface area contributed by atoms with Gasteiger partial charge in [-0.05, 0) is 123 Å². The number of hydrogen-bond acceptors (Lipinski definition) is 4. The number of para-hydroxylation sites is 3. The van der Waals surface area contributed by atoms with E-state index in [1.165, 1.54) is 93.6 Å². The van der Waals surface area contributed by atoms with Crippen LogP contribution in [0.1, 0.15) is 5.56 Å². The van der Waals surface area contributed by atoms with Crippen molar-refractivity contribution in [3.05, 3.63) is 272 Å². The minimum Gasteiger partial charge on any atom is -0.310 e. The Morgan fingerprint density at radius 3 is 1.23 bits per heavy atom. The van der Waals surface area contributed by atoms with E-state index in [2.05, 4.69) is 208 Å². The Kier molecular flexibility index (Phi) is 9.83. The summed E-state index contributed by atoms with van der Waals surface area (Å²) in [5.41, 5.74) is 24.1. The molecule has 0 fully saturated rings. The molecule has 0 amide bonds. The molecule has 0 saturated carbocycles. The summed E-state index contributed by atoms with van der Waals surface area (Å²) in [5, 5.41) is 17.7. The molecule has 0 atom stereocenters. The largest absolute Gasteiger partial charge is 0.310 e. The minimum atomic E-state index is -0.0750. The van der Waals surface area contributed by atoms with Crippen molar-refractivity contribution in [3.8, 4) is 90.7 Å². The van der Waals surface area contributed by atoms with Gasteiger partial charge in [0.25, 0.3) is 6.71 Å². The van der Waals surface area contributed by atoms with Crippen molar-refractivity contribution < 1.29 is 0 Å². The average molecular weight is 1070 g/mol. The molecular weight excluding hydrogens is 1020 g/mol. The van der Waals surface area contributed by atoms with Gasteiger partial charge in [-0.2, -0.15) is 5.26 Å². The molecule has 0 N–H and O–H groups in total. The van der Waals surface area contributed by atoms with Crippen molar-refractivity contribution in [2.45, 2.75) is 0 Å². The summed E-state index contributed by atoms with van der Waals surface area (Å²) in [6.45, 7) is -0.0750. The second-order valence-corrected chi connectivity index (χ2v) is 22.2. The fraction of sp³-hybridized carbons (Fsp3) is 0. The molecule has 0 spiro atoms. The fourth-order valence-corrected chi connectivity index (χ4v) is 14.0. The van der Waals surface area contributed by atoms with E-state index in [1.807, 2.05) is 78.9 Å². The number of fused-ring (bicyclic) bond motifs is 13. The van der Waals surface area contributed by atoms with Crippen LogP contribution in [0.15, 0.2) is 267 Å². The van der Waals surface area contributed by atoms with Gasteiger partial charge in [0.2, 0.25) is 0 Å². The molecule has 2 aliphatic heterocycles. The van der Waals surface area contributed by atoms with Gasteiger partial charge in [0.05, 0.1) is 39.4 Å². The van der Waals surface area contributed by atoms with Gasteiger partial charge in [0, 0.05) is 71.4 Å². The van der Waals surface area contributed by atoms with Gasteiger partial charge in [-0.1, -0.05) is 194 Å². The summed E-state index contributed by atoms with van der Waals surface area (Å²) in [4.78, 5) is 15.4. The maximum Gasteiger partial charge on any atom is 0.252 e. The lowest BCUT2D eigenvalue weighted by molar-refractivity contribution is 1.06. The summed E-state index contributed by atoms with van der Waals surface area (Å²) < 4.78 is 7.47. The fourth-order valence-electron chi connectivity index (χ4n) is 14.0. The predicted molar refractivity (Wildman–Crippen MR) is 345 cm³/mol. The Balaban J connectivity index is 0.901. The zero-order chi connectivity index (χ0) is 55.1. The quantitative estimate of drug-likeness (QED) is 0.149. The number of rotatable bonds is 7. The van der Waals surface area contributed by atoms with Crippen molar-refractivity contribution in [1.29, 1.82) is 5.26 Å². The first-order chi connectivity index (χ1) is 41.6. The summed E-state index contributed by atoms with van der Waals surface area (Å²) >= 11 is 0. The molecule has 18 rings (SSSR count). The topological polar surface area (TPSA) is 77.2 Å². The normalized spacial score (nSPS) is 12.2. The molecule has 84 heavy (non-hydrogen) atoms. The highest BCUT2D eigenvalue weighted by Gasteiger charge is 2.42. The number of nitrogens with zero attached hydrogens (tertiary/aromatic N) is 7. The lowest BCUT2D eigenvalue weighted by Gasteiger charge is -2.34. The number of aromatic nitrogens is 6. The molecule has 7 nitrogen and oxygen atoms in total. The zero-order valence-electron chi connectivity index (χ0n) is 45.1. The minimum absolute atomic E-state index is 0.0750. The van der Waals surface area contributed by atoms with Crippen LogP contribution >= 0.6 is 0 Å². The lowest BCUT2D eigenvalue weighted by Crippen LogP contribution is -2.59. The highest BCUT2D eigenvalue weighted by Crippen LogP contribution is 2.45. The van der Waals surface area contributed by atoms with Crippen LogP contribution in [0.5, 0.6) is 0 Å². The molecule has 0 bridgehead atoms. The second kappa shape index (κ2) is 17.8. The third-order valence-corrected chi connectivity index (χ3v) is 17.7. The molecule has 8 heteroatoms. The lowest BCUT2D eigenvalue weighted by atomic mass is 9.34. The van der Waals surface area contributed by atoms with Crippen LogP contribution in [0.2, 0.25) is 0 Å². The third-order valence-electron chi connectivity index (χ3n) is 17.7. The van der Waals surface area contributed by atoms with Crippen molar-refractivity contribution in [2.24, 2.45) is 0 Å². The SMILES string of the molecule is N#Cc1ccc(-n2c3ccccc3c3cc(-c4cc5c6c(c4)-n4c7ccccc7c7cc(-c8ccccc8)cc(c74)B6c4cc(-c6ccccc6)cc6c7ccccc7n-5c46)ccc32)c(-c2nc(-c3ccccc3)nc(-c3ccccc3)n2)c1. The molecule has 4 aromatic heterocycles. The molecular formula is C76H44BN7. The van der Waals surface area contributed by atoms with E-state index < -0.39 is 0 Å². The van der Waals surface area contributed by atoms with Crippen molar-refractivity contribution in [3.63, 3.8) is 0 Å². The third kappa shape index (κ3) is 6.72. The predicted octanol–water partition coefficient (Wildman–Crippen LogP) is 16.2. The van der Waals surface area contributed by atoms with E-state index in [0.29, 0.717) is 23.0 Å². The van der Waals surface area contributed by atoms with Gasteiger partial charge >= 0.3 is 0 Å². The summed E-state index contributed by atoms with van der Waals surface area (Å²) in [6.07, 6.45) is 0. The van der Waals surface area contributed by atoms with E-state index in [9.17, 15) is 5.26 Å². The second-order valence-electron chi connectivity index (χ2n) is 22.2. The van der Waals surface area contributed by atoms with Gasteiger partial charge in [0.15, 0.2) is 17.5 Å². The zero-order valence-corrected chi connectivity index (χ0v) is 45.1. The van der Waals surface area contributed by atoms with E-state index in [1.54, 1.807) is 0 Å². The van der Waals surface area contributed by atoms with Gasteiger partial charge in [-0.15, -0.1) is 0 Å². The molecule has 16 aromatic rings. The Morgan fingerprint density at radius 1 is 0.298 bits per heavy atom. The standard InChI is InChI=1S/C76H44BN7/c78-45-46-33-35-68(61(37-46)76-80-74(49-23-9-3-10-24-49)79-75(81-76)50-25-11-4-12-26-50)82-64-30-16-13-27-55(64)58-38-51(34-36-67(58)82)54-43-69-71-70(44-54)84-66-32-18-15-29-57(66)60-40-53(48-21-7-2-8-22-48)42-63(73(60)84)77(71)62-41-52(47-19-5-1-6-20-47)39-59-56-28-14-17-31-65(56)83(69)72(59)62/h1-44H. The van der Waals surface area contributed by atoms with Crippen molar-refractivity contribution in [1.82, 2.24) is 28.7 Å².